The standard InChI is InChI=1S/C15H13N5/c1-19-9-17-13-6-12(16-8-15(13)19)10-3-4-11-7-18-20(2)14(11)5-10/h3-9H,1-2H3. The van der Waals surface area contributed by atoms with Gasteiger partial charge in [0.2, 0.25) is 0 Å². The average molecular weight is 263 g/mol. The highest BCUT2D eigenvalue weighted by atomic mass is 15.2. The molecule has 0 saturated heterocycles. The largest absolute Gasteiger partial charge is 0.332 e. The van der Waals surface area contributed by atoms with Crippen LogP contribution in [0.1, 0.15) is 0 Å². The van der Waals surface area contributed by atoms with Gasteiger partial charge in [-0.2, -0.15) is 5.10 Å². The number of pyridine rings is 1. The van der Waals surface area contributed by atoms with Gasteiger partial charge in [0.05, 0.1) is 41.0 Å². The highest BCUT2D eigenvalue weighted by Gasteiger charge is 2.07. The van der Waals surface area contributed by atoms with Gasteiger partial charge in [0.15, 0.2) is 0 Å². The summed E-state index contributed by atoms with van der Waals surface area (Å²) in [5.74, 6) is 0. The van der Waals surface area contributed by atoms with Gasteiger partial charge in [-0.1, -0.05) is 12.1 Å². The van der Waals surface area contributed by atoms with Crippen molar-refractivity contribution in [3.63, 3.8) is 0 Å². The summed E-state index contributed by atoms with van der Waals surface area (Å²) in [6.07, 6.45) is 5.54. The summed E-state index contributed by atoms with van der Waals surface area (Å²) < 4.78 is 3.84. The first kappa shape index (κ1) is 11.2. The zero-order valence-electron chi connectivity index (χ0n) is 11.3. The molecule has 0 N–H and O–H groups in total. The second-order valence-electron chi connectivity index (χ2n) is 4.96. The van der Waals surface area contributed by atoms with Crippen molar-refractivity contribution in [2.45, 2.75) is 0 Å². The molecule has 20 heavy (non-hydrogen) atoms. The molecule has 0 fully saturated rings. The topological polar surface area (TPSA) is 48.5 Å². The Morgan fingerprint density at radius 3 is 2.75 bits per heavy atom. The van der Waals surface area contributed by atoms with Gasteiger partial charge in [-0.05, 0) is 12.1 Å². The number of nitrogens with zero attached hydrogens (tertiary/aromatic N) is 5. The van der Waals surface area contributed by atoms with E-state index < -0.39 is 0 Å². The van der Waals surface area contributed by atoms with E-state index in [1.807, 2.05) is 41.8 Å². The lowest BCUT2D eigenvalue weighted by atomic mass is 10.1. The van der Waals surface area contributed by atoms with Gasteiger partial charge in [-0.25, -0.2) is 4.98 Å². The molecule has 1 aromatic carbocycles. The third-order valence-corrected chi connectivity index (χ3v) is 3.66. The van der Waals surface area contributed by atoms with E-state index in [1.165, 1.54) is 0 Å². The molecule has 0 spiro atoms. The van der Waals surface area contributed by atoms with Crippen LogP contribution < -0.4 is 0 Å². The Morgan fingerprint density at radius 2 is 1.85 bits per heavy atom. The number of hydrogen-bond acceptors (Lipinski definition) is 3. The summed E-state index contributed by atoms with van der Waals surface area (Å²) >= 11 is 0. The highest BCUT2D eigenvalue weighted by molar-refractivity contribution is 5.85. The summed E-state index contributed by atoms with van der Waals surface area (Å²) in [5, 5.41) is 5.40. The first-order valence-electron chi connectivity index (χ1n) is 6.41. The van der Waals surface area contributed by atoms with Crippen molar-refractivity contribution in [3.05, 3.63) is 43.0 Å². The lowest BCUT2D eigenvalue weighted by Gasteiger charge is -2.03. The predicted octanol–water partition coefficient (Wildman–Crippen LogP) is 2.52. The van der Waals surface area contributed by atoms with Gasteiger partial charge in [0.1, 0.15) is 0 Å². The van der Waals surface area contributed by atoms with E-state index in [0.29, 0.717) is 0 Å². The van der Waals surface area contributed by atoms with Crippen molar-refractivity contribution < 1.29 is 0 Å². The number of benzene rings is 1. The molecule has 0 aliphatic heterocycles. The van der Waals surface area contributed by atoms with E-state index in [9.17, 15) is 0 Å². The normalized spacial score (nSPS) is 11.5. The quantitative estimate of drug-likeness (QED) is 0.530. The van der Waals surface area contributed by atoms with Gasteiger partial charge < -0.3 is 4.57 Å². The maximum absolute atomic E-state index is 4.54. The Kier molecular flexibility index (Phi) is 2.18. The number of aromatic nitrogens is 5. The summed E-state index contributed by atoms with van der Waals surface area (Å²) in [6.45, 7) is 0. The van der Waals surface area contributed by atoms with Crippen molar-refractivity contribution in [1.29, 1.82) is 0 Å². The Balaban J connectivity index is 1.92. The Labute approximate surface area is 115 Å². The van der Waals surface area contributed by atoms with Crippen LogP contribution in [0.3, 0.4) is 0 Å². The van der Waals surface area contributed by atoms with Crippen LogP contribution >= 0.6 is 0 Å². The molecule has 3 heterocycles. The summed E-state index contributed by atoms with van der Waals surface area (Å²) in [5.41, 5.74) is 5.11. The molecule has 0 bridgehead atoms. The van der Waals surface area contributed by atoms with E-state index in [1.54, 1.807) is 6.33 Å². The van der Waals surface area contributed by atoms with Crippen LogP contribution in [0, 0.1) is 0 Å². The molecule has 0 amide bonds. The minimum Gasteiger partial charge on any atom is -0.332 e. The molecule has 0 aliphatic rings. The molecular weight excluding hydrogens is 250 g/mol. The summed E-state index contributed by atoms with van der Waals surface area (Å²) in [7, 11) is 3.92. The minimum absolute atomic E-state index is 0.930. The van der Waals surface area contributed by atoms with Crippen LogP contribution in [0.15, 0.2) is 43.0 Å². The number of imidazole rings is 1. The van der Waals surface area contributed by atoms with E-state index in [2.05, 4.69) is 33.3 Å². The number of fused-ring (bicyclic) bond motifs is 2. The Hall–Kier alpha value is -2.69. The van der Waals surface area contributed by atoms with Crippen molar-refractivity contribution in [2.24, 2.45) is 14.1 Å². The van der Waals surface area contributed by atoms with Crippen molar-refractivity contribution >= 4 is 21.9 Å². The van der Waals surface area contributed by atoms with Gasteiger partial charge in [0.25, 0.3) is 0 Å². The molecular formula is C15H13N5. The molecule has 5 nitrogen and oxygen atoms in total. The lowest BCUT2D eigenvalue weighted by molar-refractivity contribution is 0.797. The Bertz CT molecular complexity index is 932. The fourth-order valence-corrected chi connectivity index (χ4v) is 2.48. The van der Waals surface area contributed by atoms with Gasteiger partial charge in [0, 0.05) is 25.0 Å². The lowest BCUT2D eigenvalue weighted by Crippen LogP contribution is -1.90. The molecule has 0 aliphatic carbocycles. The molecule has 0 saturated carbocycles. The van der Waals surface area contributed by atoms with Gasteiger partial charge in [-0.3, -0.25) is 9.67 Å². The van der Waals surface area contributed by atoms with E-state index in [0.717, 1.165) is 33.2 Å². The highest BCUT2D eigenvalue weighted by Crippen LogP contribution is 2.24. The van der Waals surface area contributed by atoms with Crippen LogP contribution in [-0.2, 0) is 14.1 Å². The monoisotopic (exact) mass is 263 g/mol. The number of aryl methyl sites for hydroxylation is 2. The van der Waals surface area contributed by atoms with Crippen molar-refractivity contribution in [3.8, 4) is 11.3 Å². The van der Waals surface area contributed by atoms with Crippen LogP contribution in [0.5, 0.6) is 0 Å². The third kappa shape index (κ3) is 1.53. The van der Waals surface area contributed by atoms with E-state index in [4.69, 9.17) is 0 Å². The number of rotatable bonds is 1. The summed E-state index contributed by atoms with van der Waals surface area (Å²) in [6, 6.07) is 8.27. The molecule has 0 atom stereocenters. The van der Waals surface area contributed by atoms with Crippen molar-refractivity contribution in [2.75, 3.05) is 0 Å². The van der Waals surface area contributed by atoms with Crippen LogP contribution in [0.4, 0.5) is 0 Å². The zero-order chi connectivity index (χ0) is 13.7. The van der Waals surface area contributed by atoms with Gasteiger partial charge >= 0.3 is 0 Å². The van der Waals surface area contributed by atoms with Crippen LogP contribution in [-0.4, -0.2) is 24.3 Å². The smallest absolute Gasteiger partial charge is 0.0956 e. The second kappa shape index (κ2) is 3.90. The molecule has 4 rings (SSSR count). The van der Waals surface area contributed by atoms with E-state index >= 15 is 0 Å². The van der Waals surface area contributed by atoms with E-state index in [-0.39, 0.29) is 0 Å². The second-order valence-corrected chi connectivity index (χ2v) is 4.96. The van der Waals surface area contributed by atoms with Crippen LogP contribution in [0.25, 0.3) is 33.2 Å². The summed E-state index contributed by atoms with van der Waals surface area (Å²) in [4.78, 5) is 8.92. The molecule has 3 aromatic heterocycles. The Morgan fingerprint density at radius 1 is 0.950 bits per heavy atom. The zero-order valence-corrected chi connectivity index (χ0v) is 11.3. The molecule has 98 valence electrons. The van der Waals surface area contributed by atoms with Crippen molar-refractivity contribution in [1.82, 2.24) is 24.3 Å². The molecule has 4 aromatic rings. The minimum atomic E-state index is 0.930. The fraction of sp³-hybridized carbons (Fsp3) is 0.133. The third-order valence-electron chi connectivity index (χ3n) is 3.66. The fourth-order valence-electron chi connectivity index (χ4n) is 2.48. The maximum atomic E-state index is 4.54. The molecule has 5 heteroatoms. The molecule has 0 radical (unpaired) electrons. The number of hydrogen-bond donors (Lipinski definition) is 0. The first-order chi connectivity index (χ1) is 9.72. The SMILES string of the molecule is Cn1cnc2cc(-c3ccc4cnn(C)c4c3)ncc21. The maximum Gasteiger partial charge on any atom is 0.0956 e. The predicted molar refractivity (Wildman–Crippen MR) is 78.2 cm³/mol. The average Bonchev–Trinajstić information content (AvgIpc) is 3.03. The van der Waals surface area contributed by atoms with Crippen LogP contribution in [0.2, 0.25) is 0 Å². The molecule has 0 unspecified atom stereocenters. The first-order valence-corrected chi connectivity index (χ1v) is 6.41. The van der Waals surface area contributed by atoms with Gasteiger partial charge in [-0.15, -0.1) is 0 Å².